The Morgan fingerprint density at radius 2 is 2.05 bits per heavy atom. The highest BCUT2D eigenvalue weighted by Gasteiger charge is 2.08. The van der Waals surface area contributed by atoms with E-state index < -0.39 is 11.6 Å². The lowest BCUT2D eigenvalue weighted by atomic mass is 10.2. The maximum atomic E-state index is 13.5. The Morgan fingerprint density at radius 1 is 1.26 bits per heavy atom. The quantitative estimate of drug-likeness (QED) is 0.796. The first-order valence-corrected chi connectivity index (χ1v) is 6.92. The number of benzene rings is 1. The van der Waals surface area contributed by atoms with Crippen molar-refractivity contribution < 1.29 is 8.78 Å². The van der Waals surface area contributed by atoms with Crippen LogP contribution in [0.5, 0.6) is 0 Å². The summed E-state index contributed by atoms with van der Waals surface area (Å²) >= 11 is 3.05. The van der Waals surface area contributed by atoms with Gasteiger partial charge in [0.2, 0.25) is 0 Å². The first kappa shape index (κ1) is 14.1. The third kappa shape index (κ3) is 3.56. The second kappa shape index (κ2) is 6.19. The van der Waals surface area contributed by atoms with E-state index in [1.807, 2.05) is 18.5 Å². The average molecular weight is 329 g/mol. The molecule has 1 aromatic carbocycles. The zero-order valence-electron chi connectivity index (χ0n) is 10.6. The highest BCUT2D eigenvalue weighted by atomic mass is 79.9. The molecular formula is C14H15BrF2N2. The van der Waals surface area contributed by atoms with Crippen molar-refractivity contribution in [3.05, 3.63) is 52.3 Å². The maximum Gasteiger partial charge on any atom is 0.149 e. The van der Waals surface area contributed by atoms with Crippen LogP contribution in [0.4, 0.5) is 14.5 Å². The zero-order valence-corrected chi connectivity index (χ0v) is 12.2. The fraction of sp³-hybridized carbons (Fsp3) is 0.286. The standard InChI is InChI=1S/C14H15BrF2N2/c1-2-4-19-5-3-10(9-19)8-18-14-6-11(15)12(16)7-13(14)17/h3,5-7,9,18H,2,4,8H2,1H3. The molecule has 0 aliphatic heterocycles. The van der Waals surface area contributed by atoms with Gasteiger partial charge in [-0.3, -0.25) is 0 Å². The minimum Gasteiger partial charge on any atom is -0.379 e. The number of rotatable bonds is 5. The summed E-state index contributed by atoms with van der Waals surface area (Å²) in [5.74, 6) is -1.19. The third-order valence-electron chi connectivity index (χ3n) is 2.79. The number of halogens is 3. The molecule has 19 heavy (non-hydrogen) atoms. The number of aryl methyl sites for hydroxylation is 1. The molecule has 2 rings (SSSR count). The molecule has 1 aromatic heterocycles. The molecule has 0 fully saturated rings. The predicted octanol–water partition coefficient (Wildman–Crippen LogP) is 4.55. The SMILES string of the molecule is CCCn1ccc(CNc2cc(Br)c(F)cc2F)c1. The third-order valence-corrected chi connectivity index (χ3v) is 3.39. The van der Waals surface area contributed by atoms with Gasteiger partial charge in [0.1, 0.15) is 11.6 Å². The van der Waals surface area contributed by atoms with Crippen molar-refractivity contribution in [1.82, 2.24) is 4.57 Å². The molecule has 0 saturated heterocycles. The molecule has 0 unspecified atom stereocenters. The highest BCUT2D eigenvalue weighted by molar-refractivity contribution is 9.10. The molecule has 0 atom stereocenters. The molecule has 0 spiro atoms. The van der Waals surface area contributed by atoms with E-state index in [-0.39, 0.29) is 10.2 Å². The van der Waals surface area contributed by atoms with Gasteiger partial charge in [0.15, 0.2) is 0 Å². The fourth-order valence-corrected chi connectivity index (χ4v) is 2.19. The Morgan fingerprint density at radius 3 is 2.79 bits per heavy atom. The van der Waals surface area contributed by atoms with Gasteiger partial charge in [-0.2, -0.15) is 0 Å². The summed E-state index contributed by atoms with van der Waals surface area (Å²) in [6.07, 6.45) is 5.09. The molecule has 0 bridgehead atoms. The summed E-state index contributed by atoms with van der Waals surface area (Å²) < 4.78 is 29.0. The van der Waals surface area contributed by atoms with E-state index in [1.165, 1.54) is 6.07 Å². The van der Waals surface area contributed by atoms with Crippen molar-refractivity contribution in [2.75, 3.05) is 5.32 Å². The normalized spacial score (nSPS) is 10.7. The maximum absolute atomic E-state index is 13.5. The van der Waals surface area contributed by atoms with Crippen LogP contribution in [0, 0.1) is 11.6 Å². The van der Waals surface area contributed by atoms with Gasteiger partial charge in [0.05, 0.1) is 10.2 Å². The number of nitrogens with zero attached hydrogens (tertiary/aromatic N) is 1. The first-order chi connectivity index (χ1) is 9.10. The van der Waals surface area contributed by atoms with Crippen LogP contribution in [0.2, 0.25) is 0 Å². The molecule has 0 amide bonds. The van der Waals surface area contributed by atoms with Gasteiger partial charge in [0, 0.05) is 31.5 Å². The van der Waals surface area contributed by atoms with Crippen molar-refractivity contribution in [2.45, 2.75) is 26.4 Å². The summed E-state index contributed by atoms with van der Waals surface area (Å²) in [5, 5.41) is 2.97. The molecular weight excluding hydrogens is 314 g/mol. The number of hydrogen-bond acceptors (Lipinski definition) is 1. The summed E-state index contributed by atoms with van der Waals surface area (Å²) in [6.45, 7) is 3.59. The minimum atomic E-state index is -0.600. The topological polar surface area (TPSA) is 17.0 Å². The van der Waals surface area contributed by atoms with Crippen molar-refractivity contribution >= 4 is 21.6 Å². The number of nitrogens with one attached hydrogen (secondary N) is 1. The van der Waals surface area contributed by atoms with Crippen molar-refractivity contribution in [3.8, 4) is 0 Å². The number of aromatic nitrogens is 1. The van der Waals surface area contributed by atoms with Gasteiger partial charge in [-0.1, -0.05) is 6.92 Å². The Hall–Kier alpha value is -1.36. The summed E-state index contributed by atoms with van der Waals surface area (Å²) in [5.41, 5.74) is 1.35. The number of anilines is 1. The van der Waals surface area contributed by atoms with Crippen LogP contribution in [0.15, 0.2) is 35.1 Å². The van der Waals surface area contributed by atoms with Crippen LogP contribution in [0.1, 0.15) is 18.9 Å². The van der Waals surface area contributed by atoms with E-state index in [9.17, 15) is 8.78 Å². The van der Waals surface area contributed by atoms with Crippen LogP contribution in [0.3, 0.4) is 0 Å². The van der Waals surface area contributed by atoms with Crippen molar-refractivity contribution in [3.63, 3.8) is 0 Å². The van der Waals surface area contributed by atoms with Crippen LogP contribution in [0.25, 0.3) is 0 Å². The second-order valence-corrected chi connectivity index (χ2v) is 5.21. The van der Waals surface area contributed by atoms with E-state index in [4.69, 9.17) is 0 Å². The molecule has 0 saturated carbocycles. The summed E-state index contributed by atoms with van der Waals surface area (Å²) in [6, 6.07) is 4.27. The van der Waals surface area contributed by atoms with Gasteiger partial charge in [-0.25, -0.2) is 8.78 Å². The van der Waals surface area contributed by atoms with Crippen LogP contribution in [-0.2, 0) is 13.1 Å². The Bertz CT molecular complexity index is 567. The second-order valence-electron chi connectivity index (χ2n) is 4.36. The van der Waals surface area contributed by atoms with Crippen LogP contribution >= 0.6 is 15.9 Å². The molecule has 2 nitrogen and oxygen atoms in total. The lowest BCUT2D eigenvalue weighted by Crippen LogP contribution is -2.01. The summed E-state index contributed by atoms with van der Waals surface area (Å²) in [7, 11) is 0. The van der Waals surface area contributed by atoms with Gasteiger partial charge >= 0.3 is 0 Å². The van der Waals surface area contributed by atoms with Crippen molar-refractivity contribution in [2.24, 2.45) is 0 Å². The van der Waals surface area contributed by atoms with E-state index in [0.717, 1.165) is 24.6 Å². The Balaban J connectivity index is 2.03. The predicted molar refractivity (Wildman–Crippen MR) is 76.1 cm³/mol. The lowest BCUT2D eigenvalue weighted by Gasteiger charge is -2.07. The fourth-order valence-electron chi connectivity index (χ4n) is 1.85. The molecule has 0 radical (unpaired) electrons. The highest BCUT2D eigenvalue weighted by Crippen LogP contribution is 2.24. The minimum absolute atomic E-state index is 0.250. The lowest BCUT2D eigenvalue weighted by molar-refractivity contribution is 0.580. The smallest absolute Gasteiger partial charge is 0.149 e. The molecule has 2 aromatic rings. The van der Waals surface area contributed by atoms with Gasteiger partial charge in [-0.15, -0.1) is 0 Å². The molecule has 102 valence electrons. The summed E-state index contributed by atoms with van der Waals surface area (Å²) in [4.78, 5) is 0. The molecule has 0 aliphatic carbocycles. The average Bonchev–Trinajstić information content (AvgIpc) is 2.80. The zero-order chi connectivity index (χ0) is 13.8. The Labute approximate surface area is 119 Å². The molecule has 1 N–H and O–H groups in total. The van der Waals surface area contributed by atoms with E-state index in [0.29, 0.717) is 6.54 Å². The number of hydrogen-bond donors (Lipinski definition) is 1. The van der Waals surface area contributed by atoms with Crippen LogP contribution in [-0.4, -0.2) is 4.57 Å². The van der Waals surface area contributed by atoms with Crippen LogP contribution < -0.4 is 5.32 Å². The largest absolute Gasteiger partial charge is 0.379 e. The monoisotopic (exact) mass is 328 g/mol. The van der Waals surface area contributed by atoms with Gasteiger partial charge in [0.25, 0.3) is 0 Å². The molecule has 0 aliphatic rings. The molecule has 1 heterocycles. The van der Waals surface area contributed by atoms with Crippen molar-refractivity contribution in [1.29, 1.82) is 0 Å². The van der Waals surface area contributed by atoms with Gasteiger partial charge in [-0.05, 0) is 40.0 Å². The Kier molecular flexibility index (Phi) is 4.58. The van der Waals surface area contributed by atoms with Gasteiger partial charge < -0.3 is 9.88 Å². The van der Waals surface area contributed by atoms with E-state index in [2.05, 4.69) is 32.7 Å². The van der Waals surface area contributed by atoms with E-state index >= 15 is 0 Å². The first-order valence-electron chi connectivity index (χ1n) is 6.13. The van der Waals surface area contributed by atoms with E-state index in [1.54, 1.807) is 0 Å². The molecule has 5 heteroatoms.